The van der Waals surface area contributed by atoms with Gasteiger partial charge in [-0.25, -0.2) is 22.7 Å². The van der Waals surface area contributed by atoms with Crippen molar-refractivity contribution in [2.24, 2.45) is 5.14 Å². The van der Waals surface area contributed by atoms with Gasteiger partial charge in [-0.1, -0.05) is 12.1 Å². The van der Waals surface area contributed by atoms with Gasteiger partial charge in [0.15, 0.2) is 0 Å². The van der Waals surface area contributed by atoms with E-state index in [0.717, 1.165) is 5.56 Å². The van der Waals surface area contributed by atoms with E-state index in [1.165, 1.54) is 19.1 Å². The number of urea groups is 1. The Hall–Kier alpha value is -1.71. The molecule has 0 spiro atoms. The van der Waals surface area contributed by atoms with E-state index in [9.17, 15) is 17.6 Å². The van der Waals surface area contributed by atoms with Crippen LogP contribution in [0.15, 0.2) is 24.3 Å². The first-order chi connectivity index (χ1) is 10.7. The molecule has 0 aliphatic carbocycles. The quantitative estimate of drug-likeness (QED) is 0.627. The number of carbonyl (C=O) groups excluding carboxylic acids is 1. The van der Waals surface area contributed by atoms with E-state index in [4.69, 9.17) is 5.14 Å². The molecule has 23 heavy (non-hydrogen) atoms. The van der Waals surface area contributed by atoms with Gasteiger partial charge in [0.25, 0.3) is 0 Å². The van der Waals surface area contributed by atoms with Crippen molar-refractivity contribution in [2.75, 3.05) is 26.7 Å². The third kappa shape index (κ3) is 7.91. The van der Waals surface area contributed by atoms with Crippen LogP contribution in [0.25, 0.3) is 0 Å². The zero-order valence-corrected chi connectivity index (χ0v) is 14.1. The predicted octanol–water partition coefficient (Wildman–Crippen LogP) is 0.234. The molecular formula is C14H23FN4O3S. The van der Waals surface area contributed by atoms with Crippen LogP contribution in [0.5, 0.6) is 0 Å². The highest BCUT2D eigenvalue weighted by atomic mass is 32.2. The molecule has 1 aromatic rings. The third-order valence-corrected chi connectivity index (χ3v) is 4.54. The van der Waals surface area contributed by atoms with E-state index < -0.39 is 21.3 Å². The summed E-state index contributed by atoms with van der Waals surface area (Å²) in [5, 5.41) is 9.20. The molecule has 0 saturated carbocycles. The Kier molecular flexibility index (Phi) is 7.40. The van der Waals surface area contributed by atoms with Crippen LogP contribution >= 0.6 is 0 Å². The Morgan fingerprint density at radius 3 is 2.48 bits per heavy atom. The molecule has 0 saturated heterocycles. The van der Waals surface area contributed by atoms with Gasteiger partial charge in [-0.05, 0) is 31.7 Å². The number of nitrogens with zero attached hydrogens (tertiary/aromatic N) is 1. The number of hydrogen-bond acceptors (Lipinski definition) is 4. The molecule has 0 radical (unpaired) electrons. The third-order valence-electron chi connectivity index (χ3n) is 3.26. The number of benzene rings is 1. The Labute approximate surface area is 136 Å². The normalized spacial score (nSPS) is 12.9. The highest BCUT2D eigenvalue weighted by Crippen LogP contribution is 2.04. The SMILES string of the molecule is CC(CNC(=O)NCCN(C)Cc1ccc(F)cc1)S(N)(=O)=O. The van der Waals surface area contributed by atoms with Crippen LogP contribution in [0.4, 0.5) is 9.18 Å². The summed E-state index contributed by atoms with van der Waals surface area (Å²) in [5.74, 6) is -0.275. The van der Waals surface area contributed by atoms with E-state index in [-0.39, 0.29) is 12.4 Å². The number of nitrogens with one attached hydrogen (secondary N) is 2. The first-order valence-electron chi connectivity index (χ1n) is 7.15. The molecule has 4 N–H and O–H groups in total. The van der Waals surface area contributed by atoms with Gasteiger partial charge in [0.1, 0.15) is 5.82 Å². The number of hydrogen-bond donors (Lipinski definition) is 3. The lowest BCUT2D eigenvalue weighted by Crippen LogP contribution is -2.44. The number of sulfonamides is 1. The van der Waals surface area contributed by atoms with Crippen LogP contribution < -0.4 is 15.8 Å². The summed E-state index contributed by atoms with van der Waals surface area (Å²) in [6, 6.07) is 5.78. The first-order valence-corrected chi connectivity index (χ1v) is 8.75. The minimum Gasteiger partial charge on any atom is -0.337 e. The van der Waals surface area contributed by atoms with E-state index >= 15 is 0 Å². The van der Waals surface area contributed by atoms with Crippen molar-refractivity contribution >= 4 is 16.1 Å². The lowest BCUT2D eigenvalue weighted by atomic mass is 10.2. The van der Waals surface area contributed by atoms with Crippen molar-refractivity contribution < 1.29 is 17.6 Å². The molecule has 0 aromatic heterocycles. The Morgan fingerprint density at radius 1 is 1.30 bits per heavy atom. The lowest BCUT2D eigenvalue weighted by molar-refractivity contribution is 0.238. The van der Waals surface area contributed by atoms with Gasteiger partial charge >= 0.3 is 6.03 Å². The molecule has 1 rings (SSSR count). The van der Waals surface area contributed by atoms with E-state index in [2.05, 4.69) is 10.6 Å². The second-order valence-electron chi connectivity index (χ2n) is 5.40. The van der Waals surface area contributed by atoms with Crippen molar-refractivity contribution in [3.05, 3.63) is 35.6 Å². The number of halogens is 1. The molecule has 7 nitrogen and oxygen atoms in total. The van der Waals surface area contributed by atoms with E-state index in [0.29, 0.717) is 19.6 Å². The van der Waals surface area contributed by atoms with Crippen molar-refractivity contribution in [2.45, 2.75) is 18.7 Å². The van der Waals surface area contributed by atoms with Crippen LogP contribution in [-0.2, 0) is 16.6 Å². The smallest absolute Gasteiger partial charge is 0.314 e. The molecule has 1 unspecified atom stereocenters. The highest BCUT2D eigenvalue weighted by Gasteiger charge is 2.16. The number of primary sulfonamides is 1. The molecule has 130 valence electrons. The minimum atomic E-state index is -3.65. The van der Waals surface area contributed by atoms with Gasteiger partial charge in [-0.3, -0.25) is 0 Å². The van der Waals surface area contributed by atoms with Crippen molar-refractivity contribution in [3.8, 4) is 0 Å². The van der Waals surface area contributed by atoms with Crippen molar-refractivity contribution in [1.29, 1.82) is 0 Å². The largest absolute Gasteiger partial charge is 0.337 e. The molecule has 0 aliphatic heterocycles. The molecule has 1 aromatic carbocycles. The summed E-state index contributed by atoms with van der Waals surface area (Å²) >= 11 is 0. The van der Waals surface area contributed by atoms with Crippen LogP contribution in [0.1, 0.15) is 12.5 Å². The molecule has 0 heterocycles. The van der Waals surface area contributed by atoms with Crippen LogP contribution in [0.3, 0.4) is 0 Å². The fourth-order valence-corrected chi connectivity index (χ4v) is 2.07. The summed E-state index contributed by atoms with van der Waals surface area (Å²) in [6.45, 7) is 3.00. The number of nitrogens with two attached hydrogens (primary N) is 1. The summed E-state index contributed by atoms with van der Waals surface area (Å²) < 4.78 is 34.8. The van der Waals surface area contributed by atoms with Gasteiger partial charge < -0.3 is 15.5 Å². The van der Waals surface area contributed by atoms with Gasteiger partial charge in [0, 0.05) is 26.2 Å². The van der Waals surface area contributed by atoms with E-state index in [1.807, 2.05) is 11.9 Å². The molecular weight excluding hydrogens is 323 g/mol. The molecule has 2 amide bonds. The molecule has 0 bridgehead atoms. The second kappa shape index (κ2) is 8.80. The zero-order valence-electron chi connectivity index (χ0n) is 13.3. The lowest BCUT2D eigenvalue weighted by Gasteiger charge is -2.17. The summed E-state index contributed by atoms with van der Waals surface area (Å²) in [5.41, 5.74) is 0.973. The average molecular weight is 346 g/mol. The molecule has 0 fully saturated rings. The Balaban J connectivity index is 2.22. The standard InChI is InChI=1S/C14H23FN4O3S/c1-11(23(16,21)22)9-18-14(20)17-7-8-19(2)10-12-3-5-13(15)6-4-12/h3-6,11H,7-10H2,1-2H3,(H2,16,21,22)(H2,17,18,20). The molecule has 1 atom stereocenters. The Morgan fingerprint density at radius 2 is 1.91 bits per heavy atom. The number of amides is 2. The van der Waals surface area contributed by atoms with Gasteiger partial charge in [0.05, 0.1) is 5.25 Å². The van der Waals surface area contributed by atoms with Crippen LogP contribution in [0.2, 0.25) is 0 Å². The number of likely N-dealkylation sites (N-methyl/N-ethyl adjacent to an activating group) is 1. The summed E-state index contributed by atoms with van der Waals surface area (Å²) in [6.07, 6.45) is 0. The molecule has 9 heteroatoms. The highest BCUT2D eigenvalue weighted by molar-refractivity contribution is 7.89. The van der Waals surface area contributed by atoms with E-state index in [1.54, 1.807) is 12.1 Å². The number of carbonyl (C=O) groups is 1. The van der Waals surface area contributed by atoms with Crippen molar-refractivity contribution in [1.82, 2.24) is 15.5 Å². The summed E-state index contributed by atoms with van der Waals surface area (Å²) in [7, 11) is -1.77. The van der Waals surface area contributed by atoms with Crippen molar-refractivity contribution in [3.63, 3.8) is 0 Å². The van der Waals surface area contributed by atoms with Crippen LogP contribution in [-0.4, -0.2) is 51.3 Å². The maximum atomic E-state index is 12.8. The minimum absolute atomic E-state index is 0.0456. The fraction of sp³-hybridized carbons (Fsp3) is 0.500. The second-order valence-corrected chi connectivity index (χ2v) is 7.38. The average Bonchev–Trinajstić information content (AvgIpc) is 2.46. The van der Waals surface area contributed by atoms with Gasteiger partial charge in [-0.15, -0.1) is 0 Å². The Bertz CT molecular complexity index is 607. The maximum absolute atomic E-state index is 12.8. The fourth-order valence-electron chi connectivity index (χ4n) is 1.76. The van der Waals surface area contributed by atoms with Gasteiger partial charge in [0.2, 0.25) is 10.0 Å². The first kappa shape index (κ1) is 19.3. The van der Waals surface area contributed by atoms with Gasteiger partial charge in [-0.2, -0.15) is 0 Å². The molecule has 0 aliphatic rings. The number of rotatable bonds is 8. The monoisotopic (exact) mass is 346 g/mol. The topological polar surface area (TPSA) is 105 Å². The predicted molar refractivity (Wildman–Crippen MR) is 86.7 cm³/mol. The maximum Gasteiger partial charge on any atom is 0.314 e. The zero-order chi connectivity index (χ0) is 17.5. The van der Waals surface area contributed by atoms with Crippen LogP contribution in [0, 0.1) is 5.82 Å². The summed E-state index contributed by atoms with van der Waals surface area (Å²) in [4.78, 5) is 13.5.